The molecule has 2 rings (SSSR count). The van der Waals surface area contributed by atoms with Gasteiger partial charge in [-0.3, -0.25) is 0 Å². The first-order valence-electron chi connectivity index (χ1n) is 6.19. The van der Waals surface area contributed by atoms with Crippen molar-refractivity contribution in [3.63, 3.8) is 0 Å². The Kier molecular flexibility index (Phi) is 6.03. The predicted molar refractivity (Wildman–Crippen MR) is 74.3 cm³/mol. The lowest BCUT2D eigenvalue weighted by Gasteiger charge is -2.30. The van der Waals surface area contributed by atoms with E-state index in [0.29, 0.717) is 25.6 Å². The van der Waals surface area contributed by atoms with Gasteiger partial charge in [-0.1, -0.05) is 6.92 Å². The molecular weight excluding hydrogens is 329 g/mol. The van der Waals surface area contributed by atoms with E-state index in [-0.39, 0.29) is 24.4 Å². The fourth-order valence-corrected chi connectivity index (χ4v) is 3.62. The van der Waals surface area contributed by atoms with E-state index >= 15 is 0 Å². The van der Waals surface area contributed by atoms with E-state index in [1.54, 1.807) is 0 Å². The van der Waals surface area contributed by atoms with Gasteiger partial charge in [0.25, 0.3) is 0 Å². The maximum Gasteiger partial charge on any atom is 0.243 e. The molecule has 0 aliphatic carbocycles. The summed E-state index contributed by atoms with van der Waals surface area (Å²) in [7, 11) is -4.22. The molecule has 0 saturated carbocycles. The predicted octanol–water partition coefficient (Wildman–Crippen LogP) is 1.80. The molecule has 120 valence electrons. The summed E-state index contributed by atoms with van der Waals surface area (Å²) < 4.78 is 66.0. The van der Waals surface area contributed by atoms with Crippen LogP contribution in [-0.2, 0) is 10.0 Å². The molecule has 1 fully saturated rings. The van der Waals surface area contributed by atoms with E-state index in [2.05, 4.69) is 10.0 Å². The molecule has 0 spiro atoms. The SMILES string of the molecule is CC1CNCCC1NS(=O)(=O)c1ccc(F)c(F)c1F.Cl. The summed E-state index contributed by atoms with van der Waals surface area (Å²) in [5, 5.41) is 3.10. The number of piperidine rings is 1. The van der Waals surface area contributed by atoms with Gasteiger partial charge in [-0.05, 0) is 37.6 Å². The summed E-state index contributed by atoms with van der Waals surface area (Å²) in [4.78, 5) is -0.873. The molecule has 2 unspecified atom stereocenters. The molecule has 1 aliphatic rings. The first kappa shape index (κ1) is 18.2. The normalized spacial score (nSPS) is 22.7. The molecule has 9 heteroatoms. The summed E-state index contributed by atoms with van der Waals surface area (Å²) in [5.41, 5.74) is 0. The van der Waals surface area contributed by atoms with Crippen molar-refractivity contribution in [3.8, 4) is 0 Å². The van der Waals surface area contributed by atoms with Crippen LogP contribution in [0.5, 0.6) is 0 Å². The quantitative estimate of drug-likeness (QED) is 0.822. The topological polar surface area (TPSA) is 58.2 Å². The van der Waals surface area contributed by atoms with Gasteiger partial charge >= 0.3 is 0 Å². The zero-order valence-electron chi connectivity index (χ0n) is 11.2. The third-order valence-electron chi connectivity index (χ3n) is 3.38. The molecule has 0 bridgehead atoms. The Morgan fingerprint density at radius 1 is 1.24 bits per heavy atom. The van der Waals surface area contributed by atoms with Gasteiger partial charge in [-0.25, -0.2) is 26.3 Å². The number of halogens is 4. The molecule has 1 aromatic rings. The minimum absolute atomic E-state index is 0. The summed E-state index contributed by atoms with van der Waals surface area (Å²) in [6.45, 7) is 3.12. The lowest BCUT2D eigenvalue weighted by atomic mass is 9.97. The Balaban J connectivity index is 0.00000220. The van der Waals surface area contributed by atoms with Gasteiger partial charge < -0.3 is 5.32 Å². The number of hydrogen-bond donors (Lipinski definition) is 2. The van der Waals surface area contributed by atoms with Gasteiger partial charge in [-0.2, -0.15) is 0 Å². The van der Waals surface area contributed by atoms with Crippen LogP contribution in [0.4, 0.5) is 13.2 Å². The highest BCUT2D eigenvalue weighted by Crippen LogP contribution is 2.21. The Bertz CT molecular complexity index is 613. The molecule has 4 nitrogen and oxygen atoms in total. The van der Waals surface area contributed by atoms with E-state index in [1.807, 2.05) is 6.92 Å². The second-order valence-electron chi connectivity index (χ2n) is 4.87. The standard InChI is InChI=1S/C12H15F3N2O2S.ClH/c1-7-6-16-5-4-9(7)17-20(18,19)10-3-2-8(13)11(14)12(10)15;/h2-3,7,9,16-17H,4-6H2,1H3;1H. The Morgan fingerprint density at radius 2 is 1.90 bits per heavy atom. The number of rotatable bonds is 3. The van der Waals surface area contributed by atoms with E-state index < -0.39 is 32.4 Å². The van der Waals surface area contributed by atoms with Crippen LogP contribution in [0.1, 0.15) is 13.3 Å². The van der Waals surface area contributed by atoms with Crippen LogP contribution in [0.25, 0.3) is 0 Å². The fourth-order valence-electron chi connectivity index (χ4n) is 2.17. The van der Waals surface area contributed by atoms with E-state index in [4.69, 9.17) is 0 Å². The van der Waals surface area contributed by atoms with E-state index in [1.165, 1.54) is 0 Å². The maximum absolute atomic E-state index is 13.6. The van der Waals surface area contributed by atoms with Crippen LogP contribution in [0.2, 0.25) is 0 Å². The van der Waals surface area contributed by atoms with Crippen molar-refractivity contribution in [3.05, 3.63) is 29.6 Å². The van der Waals surface area contributed by atoms with Gasteiger partial charge in [0, 0.05) is 6.04 Å². The van der Waals surface area contributed by atoms with Crippen molar-refractivity contribution in [2.45, 2.75) is 24.3 Å². The van der Waals surface area contributed by atoms with Crippen molar-refractivity contribution in [2.75, 3.05) is 13.1 Å². The van der Waals surface area contributed by atoms with Gasteiger partial charge in [0.05, 0.1) is 0 Å². The van der Waals surface area contributed by atoms with Crippen molar-refractivity contribution in [1.29, 1.82) is 0 Å². The van der Waals surface area contributed by atoms with Crippen molar-refractivity contribution in [1.82, 2.24) is 10.0 Å². The van der Waals surface area contributed by atoms with Crippen LogP contribution in [0.15, 0.2) is 17.0 Å². The average Bonchev–Trinajstić information content (AvgIpc) is 2.38. The third-order valence-corrected chi connectivity index (χ3v) is 4.89. The Labute approximate surface area is 127 Å². The first-order chi connectivity index (χ1) is 9.33. The lowest BCUT2D eigenvalue weighted by molar-refractivity contribution is 0.327. The van der Waals surface area contributed by atoms with Crippen LogP contribution in [0, 0.1) is 23.4 Å². The molecule has 1 heterocycles. The van der Waals surface area contributed by atoms with Gasteiger partial charge in [-0.15, -0.1) is 12.4 Å². The third kappa shape index (κ3) is 3.88. The molecule has 0 amide bonds. The molecule has 1 aliphatic heterocycles. The molecule has 0 aromatic heterocycles. The molecular formula is C12H16ClF3N2O2S. The molecule has 1 aromatic carbocycles. The number of hydrogen-bond acceptors (Lipinski definition) is 3. The largest absolute Gasteiger partial charge is 0.316 e. The van der Waals surface area contributed by atoms with Crippen LogP contribution < -0.4 is 10.0 Å². The van der Waals surface area contributed by atoms with Crippen LogP contribution in [0.3, 0.4) is 0 Å². The minimum Gasteiger partial charge on any atom is -0.316 e. The summed E-state index contributed by atoms with van der Waals surface area (Å²) in [6, 6.07) is 0.953. The maximum atomic E-state index is 13.6. The van der Waals surface area contributed by atoms with Crippen LogP contribution in [-0.4, -0.2) is 27.5 Å². The average molecular weight is 345 g/mol. The Hall–Kier alpha value is -0.830. The van der Waals surface area contributed by atoms with Crippen LogP contribution >= 0.6 is 12.4 Å². The van der Waals surface area contributed by atoms with Crippen molar-refractivity contribution >= 4 is 22.4 Å². The second-order valence-corrected chi connectivity index (χ2v) is 6.55. The van der Waals surface area contributed by atoms with Gasteiger partial charge in [0.15, 0.2) is 17.5 Å². The summed E-state index contributed by atoms with van der Waals surface area (Å²) in [5.74, 6) is -4.88. The smallest absolute Gasteiger partial charge is 0.243 e. The number of nitrogens with one attached hydrogen (secondary N) is 2. The summed E-state index contributed by atoms with van der Waals surface area (Å²) in [6.07, 6.45) is 0.547. The molecule has 2 atom stereocenters. The molecule has 21 heavy (non-hydrogen) atoms. The Morgan fingerprint density at radius 3 is 2.52 bits per heavy atom. The minimum atomic E-state index is -4.22. The zero-order chi connectivity index (χ0) is 14.9. The molecule has 1 saturated heterocycles. The van der Waals surface area contributed by atoms with E-state index in [9.17, 15) is 21.6 Å². The fraction of sp³-hybridized carbons (Fsp3) is 0.500. The first-order valence-corrected chi connectivity index (χ1v) is 7.68. The highest BCUT2D eigenvalue weighted by Gasteiger charge is 2.29. The summed E-state index contributed by atoms with van der Waals surface area (Å²) >= 11 is 0. The monoisotopic (exact) mass is 344 g/mol. The molecule has 0 radical (unpaired) electrons. The van der Waals surface area contributed by atoms with Gasteiger partial charge in [0.1, 0.15) is 4.90 Å². The van der Waals surface area contributed by atoms with Gasteiger partial charge in [0.2, 0.25) is 10.0 Å². The number of sulfonamides is 1. The molecule has 2 N–H and O–H groups in total. The highest BCUT2D eigenvalue weighted by atomic mass is 35.5. The van der Waals surface area contributed by atoms with E-state index in [0.717, 1.165) is 6.07 Å². The lowest BCUT2D eigenvalue weighted by Crippen LogP contribution is -2.48. The number of benzene rings is 1. The highest BCUT2D eigenvalue weighted by molar-refractivity contribution is 7.89. The second kappa shape index (κ2) is 6.95. The zero-order valence-corrected chi connectivity index (χ0v) is 12.8. The van der Waals surface area contributed by atoms with Crippen molar-refractivity contribution in [2.24, 2.45) is 5.92 Å². The van der Waals surface area contributed by atoms with Crippen molar-refractivity contribution < 1.29 is 21.6 Å².